The highest BCUT2D eigenvalue weighted by Crippen LogP contribution is 2.34. The summed E-state index contributed by atoms with van der Waals surface area (Å²) < 4.78 is 4.90. The second kappa shape index (κ2) is 13.0. The number of benzene rings is 2. The molecule has 0 aromatic heterocycles. The zero-order valence-electron chi connectivity index (χ0n) is 21.8. The Labute approximate surface area is 205 Å². The van der Waals surface area contributed by atoms with Crippen LogP contribution in [0.15, 0.2) is 42.5 Å². The van der Waals surface area contributed by atoms with Crippen LogP contribution in [0.1, 0.15) is 64.5 Å². The van der Waals surface area contributed by atoms with E-state index in [0.29, 0.717) is 18.3 Å². The molecule has 0 bridgehead atoms. The molecule has 186 valence electrons. The fraction of sp³-hybridized carbons (Fsp3) is 0.500. The van der Waals surface area contributed by atoms with Gasteiger partial charge in [0.1, 0.15) is 0 Å². The van der Waals surface area contributed by atoms with Crippen molar-refractivity contribution in [1.82, 2.24) is 0 Å². The molecule has 0 aliphatic heterocycles. The first-order valence-electron chi connectivity index (χ1n) is 12.2. The fourth-order valence-electron chi connectivity index (χ4n) is 4.04. The highest BCUT2D eigenvalue weighted by atomic mass is 16.5. The van der Waals surface area contributed by atoms with Crippen LogP contribution in [-0.4, -0.2) is 32.2 Å². The molecule has 0 spiro atoms. The highest BCUT2D eigenvalue weighted by molar-refractivity contribution is 6.02. The van der Waals surface area contributed by atoms with Gasteiger partial charge < -0.3 is 20.3 Å². The lowest BCUT2D eigenvalue weighted by Gasteiger charge is -2.31. The maximum Gasteiger partial charge on any atom is 0.323 e. The first kappa shape index (κ1) is 27.2. The molecule has 2 rings (SSSR count). The lowest BCUT2D eigenvalue weighted by molar-refractivity contribution is -0.141. The molecule has 1 unspecified atom stereocenters. The van der Waals surface area contributed by atoms with Gasteiger partial charge in [0.2, 0.25) is 0 Å². The standard InChI is InChI=1S/C28H41N3O3/c1-8-22(16-27(32)34-7)23-11-14-26(31(17-19(2)3)18-20(4)5)25(15-23)30-28(33)29-24-12-9-21(6)10-13-24/h9-15,19-20,22H,8,16-18H2,1-7H3,(H2,29,30,33). The van der Waals surface area contributed by atoms with Crippen LogP contribution in [0, 0.1) is 18.8 Å². The lowest BCUT2D eigenvalue weighted by atomic mass is 9.92. The molecular formula is C28H41N3O3. The van der Waals surface area contributed by atoms with Crippen LogP contribution in [0.25, 0.3) is 0 Å². The molecule has 0 saturated carbocycles. The van der Waals surface area contributed by atoms with Crippen LogP contribution in [0.3, 0.4) is 0 Å². The number of hydrogen-bond donors (Lipinski definition) is 2. The van der Waals surface area contributed by atoms with Crippen molar-refractivity contribution in [2.75, 3.05) is 35.7 Å². The maximum absolute atomic E-state index is 12.9. The maximum atomic E-state index is 12.9. The molecule has 34 heavy (non-hydrogen) atoms. The van der Waals surface area contributed by atoms with Gasteiger partial charge in [-0.05, 0) is 60.9 Å². The first-order chi connectivity index (χ1) is 16.1. The number of aryl methyl sites for hydroxylation is 1. The molecule has 1 atom stereocenters. The zero-order chi connectivity index (χ0) is 25.3. The third kappa shape index (κ3) is 8.40. The van der Waals surface area contributed by atoms with E-state index in [1.54, 1.807) is 0 Å². The average Bonchev–Trinajstić information content (AvgIpc) is 2.77. The SMILES string of the molecule is CCC(CC(=O)OC)c1ccc(N(CC(C)C)CC(C)C)c(NC(=O)Nc2ccc(C)cc2)c1. The van der Waals surface area contributed by atoms with E-state index in [2.05, 4.69) is 62.3 Å². The molecule has 2 aromatic rings. The summed E-state index contributed by atoms with van der Waals surface area (Å²) in [6.07, 6.45) is 1.11. The Morgan fingerprint density at radius 3 is 2.09 bits per heavy atom. The van der Waals surface area contributed by atoms with E-state index in [4.69, 9.17) is 4.74 Å². The van der Waals surface area contributed by atoms with Crippen molar-refractivity contribution >= 4 is 29.1 Å². The van der Waals surface area contributed by atoms with Crippen LogP contribution in [0.4, 0.5) is 21.9 Å². The van der Waals surface area contributed by atoms with Crippen LogP contribution in [0.5, 0.6) is 0 Å². The second-order valence-corrected chi connectivity index (χ2v) is 9.80. The van der Waals surface area contributed by atoms with Gasteiger partial charge in [-0.25, -0.2) is 4.79 Å². The van der Waals surface area contributed by atoms with E-state index in [9.17, 15) is 9.59 Å². The van der Waals surface area contributed by atoms with Gasteiger partial charge in [-0.2, -0.15) is 0 Å². The van der Waals surface area contributed by atoms with Crippen molar-refractivity contribution in [1.29, 1.82) is 0 Å². The van der Waals surface area contributed by atoms with E-state index >= 15 is 0 Å². The molecule has 2 amide bonds. The highest BCUT2D eigenvalue weighted by Gasteiger charge is 2.20. The Morgan fingerprint density at radius 2 is 1.56 bits per heavy atom. The lowest BCUT2D eigenvalue weighted by Crippen LogP contribution is -2.32. The quantitative estimate of drug-likeness (QED) is 0.356. The number of urea groups is 1. The smallest absolute Gasteiger partial charge is 0.323 e. The molecule has 0 aliphatic carbocycles. The number of hydrogen-bond acceptors (Lipinski definition) is 4. The largest absolute Gasteiger partial charge is 0.469 e. The molecule has 0 fully saturated rings. The van der Waals surface area contributed by atoms with E-state index in [1.807, 2.05) is 37.3 Å². The van der Waals surface area contributed by atoms with E-state index in [0.717, 1.165) is 47.7 Å². The zero-order valence-corrected chi connectivity index (χ0v) is 21.8. The summed E-state index contributed by atoms with van der Waals surface area (Å²) in [5, 5.41) is 6.01. The summed E-state index contributed by atoms with van der Waals surface area (Å²) in [5.74, 6) is 0.723. The number of rotatable bonds is 11. The second-order valence-electron chi connectivity index (χ2n) is 9.80. The molecule has 2 aromatic carbocycles. The van der Waals surface area contributed by atoms with Gasteiger partial charge in [0.05, 0.1) is 24.9 Å². The van der Waals surface area contributed by atoms with Gasteiger partial charge in [-0.15, -0.1) is 0 Å². The van der Waals surface area contributed by atoms with Gasteiger partial charge >= 0.3 is 12.0 Å². The number of esters is 1. The molecular weight excluding hydrogens is 426 g/mol. The Bertz CT molecular complexity index is 928. The van der Waals surface area contributed by atoms with Crippen molar-refractivity contribution in [2.24, 2.45) is 11.8 Å². The van der Waals surface area contributed by atoms with Crippen LogP contribution < -0.4 is 15.5 Å². The number of amides is 2. The Morgan fingerprint density at radius 1 is 0.941 bits per heavy atom. The summed E-state index contributed by atoms with van der Waals surface area (Å²) in [5.41, 5.74) is 4.61. The van der Waals surface area contributed by atoms with Gasteiger partial charge in [0.25, 0.3) is 0 Å². The third-order valence-corrected chi connectivity index (χ3v) is 5.69. The average molecular weight is 468 g/mol. The molecule has 6 nitrogen and oxygen atoms in total. The summed E-state index contributed by atoms with van der Waals surface area (Å²) in [6.45, 7) is 14.6. The minimum Gasteiger partial charge on any atom is -0.469 e. The van der Waals surface area contributed by atoms with Crippen LogP contribution >= 0.6 is 0 Å². The number of nitrogens with one attached hydrogen (secondary N) is 2. The Kier molecular flexibility index (Phi) is 10.4. The molecule has 0 heterocycles. The van der Waals surface area contributed by atoms with Crippen molar-refractivity contribution in [2.45, 2.75) is 60.3 Å². The summed E-state index contributed by atoms with van der Waals surface area (Å²) >= 11 is 0. The molecule has 6 heteroatoms. The minimum atomic E-state index is -0.294. The van der Waals surface area contributed by atoms with Gasteiger partial charge in [0, 0.05) is 18.8 Å². The van der Waals surface area contributed by atoms with Crippen molar-refractivity contribution in [3.05, 3.63) is 53.6 Å². The fourth-order valence-corrected chi connectivity index (χ4v) is 4.04. The summed E-state index contributed by atoms with van der Waals surface area (Å²) in [7, 11) is 1.41. The molecule has 0 aliphatic rings. The predicted molar refractivity (Wildman–Crippen MR) is 142 cm³/mol. The number of carbonyl (C=O) groups is 2. The monoisotopic (exact) mass is 467 g/mol. The van der Waals surface area contributed by atoms with Crippen molar-refractivity contribution in [3.63, 3.8) is 0 Å². The number of anilines is 3. The van der Waals surface area contributed by atoms with Gasteiger partial charge in [-0.3, -0.25) is 4.79 Å². The Balaban J connectivity index is 2.41. The third-order valence-electron chi connectivity index (χ3n) is 5.69. The van der Waals surface area contributed by atoms with Crippen molar-refractivity contribution in [3.8, 4) is 0 Å². The Hall–Kier alpha value is -3.02. The minimum absolute atomic E-state index is 0.0193. The number of nitrogens with zero attached hydrogens (tertiary/aromatic N) is 1. The molecule has 0 saturated heterocycles. The molecule has 0 radical (unpaired) electrons. The summed E-state index contributed by atoms with van der Waals surface area (Å²) in [6, 6.07) is 13.6. The normalized spacial score (nSPS) is 11.9. The number of methoxy groups -OCH3 is 1. The van der Waals surface area contributed by atoms with E-state index in [-0.39, 0.29) is 17.9 Å². The van der Waals surface area contributed by atoms with Crippen LogP contribution in [0.2, 0.25) is 0 Å². The van der Waals surface area contributed by atoms with E-state index < -0.39 is 0 Å². The molecule has 2 N–H and O–H groups in total. The predicted octanol–water partition coefficient (Wildman–Crippen LogP) is 6.81. The topological polar surface area (TPSA) is 70.7 Å². The van der Waals surface area contributed by atoms with Gasteiger partial charge in [-0.1, -0.05) is 58.4 Å². The van der Waals surface area contributed by atoms with Crippen LogP contribution in [-0.2, 0) is 9.53 Å². The summed E-state index contributed by atoms with van der Waals surface area (Å²) in [4.78, 5) is 27.2. The van der Waals surface area contributed by atoms with Gasteiger partial charge in [0.15, 0.2) is 0 Å². The first-order valence-corrected chi connectivity index (χ1v) is 12.2. The number of carbonyl (C=O) groups excluding carboxylic acids is 2. The van der Waals surface area contributed by atoms with Crippen molar-refractivity contribution < 1.29 is 14.3 Å². The van der Waals surface area contributed by atoms with E-state index in [1.165, 1.54) is 7.11 Å². The number of ether oxygens (including phenoxy) is 1.